The second-order valence-electron chi connectivity index (χ2n) is 29.1. The molecule has 692 valence electrons. The van der Waals surface area contributed by atoms with E-state index in [0.717, 1.165) is 31.9 Å². The predicted molar refractivity (Wildman–Crippen MR) is 431 cm³/mol. The molecule has 2 unspecified atom stereocenters. The van der Waals surface area contributed by atoms with Crippen LogP contribution in [0, 0.1) is 17.8 Å². The van der Waals surface area contributed by atoms with Crippen LogP contribution >= 0.6 is 0 Å². The fourth-order valence-corrected chi connectivity index (χ4v) is 12.5. The number of amides is 7. The van der Waals surface area contributed by atoms with Gasteiger partial charge in [-0.25, -0.2) is 14.8 Å². The lowest BCUT2D eigenvalue weighted by molar-refractivity contribution is -0.161. The summed E-state index contributed by atoms with van der Waals surface area (Å²) in [6.45, 7) is 9.03. The number of nitrogens with one attached hydrogen (secondary N) is 9. The lowest BCUT2D eigenvalue weighted by Gasteiger charge is -2.38. The van der Waals surface area contributed by atoms with Gasteiger partial charge in [0.25, 0.3) is 0 Å². The number of benzene rings is 1. The highest BCUT2D eigenvalue weighted by Gasteiger charge is 2.40. The first kappa shape index (κ1) is 103. The van der Waals surface area contributed by atoms with Gasteiger partial charge >= 0.3 is 12.3 Å². The number of carbonyl (C=O) groups excluding carboxylic acids is 7. The van der Waals surface area contributed by atoms with Crippen molar-refractivity contribution in [3.05, 3.63) is 48.3 Å². The zero-order chi connectivity index (χ0) is 88.0. The van der Waals surface area contributed by atoms with E-state index in [1.807, 2.05) is 13.8 Å². The van der Waals surface area contributed by atoms with Crippen molar-refractivity contribution in [2.75, 3.05) is 234 Å². The molecule has 1 aliphatic carbocycles. The molecule has 15 N–H and O–H groups in total. The quantitative estimate of drug-likeness (QED) is 0.0352. The standard InChI is InChI=1S/C79H128F3N13O27/c1-4-59(94-77(105)55-8-6-54(42-83)7-9-55)76-88-43-61(93-76)58-11-10-56(90-78(106)107-3)41-60(58)92-70(99)12-5-53(2)13-17-85-71(100)51-119-39-35-114-36-40-120-52-72(101)89-57(46-115-20-15-68(97)86-18-23-108-25-27-110-29-31-112-33-37-117-49-64-74(103)63(96)14-22-121-64)47-116-21-16-69(98)87-19-24-109-26-28-111-30-32-113-34-38-118-50-65-75(104)73(102)62(48-122-65)91-67-45-84-44-66(95-67)79(80,81)82/h10-11,41,43-45,53-55,57,59,62-65,73-75,96,102-104H,4-9,12-40,42,46-52,83H2,1-3H3,(H,85,100)(H,86,97)(H,87,98)(H,88,93)(H,89,101)(H,90,106)(H,91,95)(H,92,99)(H,94,105)/t53?,54-,55-,57?,59-,62-,63+,64+,65+,73+,74+,75-/m0/s1. The molecular weight excluding hydrogens is 1620 g/mol. The zero-order valence-electron chi connectivity index (χ0n) is 70.0. The summed E-state index contributed by atoms with van der Waals surface area (Å²) in [5, 5.41) is 63.4. The number of imidazole rings is 1. The fraction of sp³-hybridized carbons (Fsp3) is 0.747. The Morgan fingerprint density at radius 3 is 1.70 bits per heavy atom. The van der Waals surface area contributed by atoms with Gasteiger partial charge in [-0.1, -0.05) is 13.8 Å². The minimum absolute atomic E-state index is 0.00154. The molecule has 2 saturated heterocycles. The Balaban J connectivity index is 0.788. The van der Waals surface area contributed by atoms with Crippen LogP contribution in [0.25, 0.3) is 11.3 Å². The van der Waals surface area contributed by atoms with Gasteiger partial charge in [-0.15, -0.1) is 0 Å². The Bertz CT molecular complexity index is 3430. The molecule has 40 nitrogen and oxygen atoms in total. The fourth-order valence-electron chi connectivity index (χ4n) is 12.5. The normalized spacial score (nSPS) is 20.0. The highest BCUT2D eigenvalue weighted by Crippen LogP contribution is 2.34. The maximum Gasteiger partial charge on any atom is 0.434 e. The van der Waals surface area contributed by atoms with Gasteiger partial charge in [0.2, 0.25) is 35.4 Å². The van der Waals surface area contributed by atoms with E-state index in [0.29, 0.717) is 119 Å². The number of halogens is 3. The van der Waals surface area contributed by atoms with Crippen LogP contribution in [-0.2, 0) is 111 Å². The van der Waals surface area contributed by atoms with Gasteiger partial charge < -0.3 is 144 Å². The molecule has 3 fully saturated rings. The summed E-state index contributed by atoms with van der Waals surface area (Å²) >= 11 is 0. The number of methoxy groups -OCH3 is 1. The third-order valence-corrected chi connectivity index (χ3v) is 19.5. The van der Waals surface area contributed by atoms with E-state index in [1.165, 1.54) is 7.11 Å². The first-order chi connectivity index (χ1) is 59.0. The number of aromatic nitrogens is 4. The van der Waals surface area contributed by atoms with Crippen molar-refractivity contribution in [3.63, 3.8) is 0 Å². The predicted octanol–water partition coefficient (Wildman–Crippen LogP) is 1.08. The van der Waals surface area contributed by atoms with Crippen LogP contribution in [0.15, 0.2) is 36.8 Å². The maximum absolute atomic E-state index is 13.5. The number of hydrogen-bond acceptors (Lipinski definition) is 32. The van der Waals surface area contributed by atoms with Crippen LogP contribution in [0.5, 0.6) is 0 Å². The van der Waals surface area contributed by atoms with Crippen molar-refractivity contribution in [1.82, 2.24) is 46.5 Å². The van der Waals surface area contributed by atoms with E-state index in [-0.39, 0.29) is 231 Å². The topological polar surface area (TPSA) is 525 Å². The first-order valence-corrected chi connectivity index (χ1v) is 41.6. The summed E-state index contributed by atoms with van der Waals surface area (Å²) in [6, 6.07) is 3.00. The molecule has 43 heteroatoms. The van der Waals surface area contributed by atoms with E-state index in [2.05, 4.69) is 57.5 Å². The third-order valence-electron chi connectivity index (χ3n) is 19.5. The monoisotopic (exact) mass is 1750 g/mol. The van der Waals surface area contributed by atoms with Gasteiger partial charge in [-0.05, 0) is 87.9 Å². The van der Waals surface area contributed by atoms with Gasteiger partial charge in [-0.3, -0.25) is 39.1 Å². The Morgan fingerprint density at radius 1 is 0.582 bits per heavy atom. The molecule has 7 amide bonds. The number of aromatic amines is 1. The number of nitrogens with zero attached hydrogens (tertiary/aromatic N) is 3. The molecule has 0 spiro atoms. The molecule has 1 saturated carbocycles. The Hall–Kier alpha value is -7.61. The summed E-state index contributed by atoms with van der Waals surface area (Å²) in [7, 11) is 1.25. The van der Waals surface area contributed by atoms with Crippen LogP contribution in [0.3, 0.4) is 0 Å². The minimum atomic E-state index is -4.71. The lowest BCUT2D eigenvalue weighted by Crippen LogP contribution is -2.57. The van der Waals surface area contributed by atoms with Gasteiger partial charge in [0.1, 0.15) is 55.4 Å². The number of rotatable bonds is 65. The molecular formula is C79H128F3N13O27. The van der Waals surface area contributed by atoms with Gasteiger partial charge in [-0.2, -0.15) is 13.2 Å². The number of aliphatic hydroxyl groups is 4. The van der Waals surface area contributed by atoms with E-state index in [9.17, 15) is 67.2 Å². The van der Waals surface area contributed by atoms with Crippen LogP contribution in [0.4, 0.5) is 35.2 Å². The van der Waals surface area contributed by atoms with Crippen molar-refractivity contribution >= 4 is 58.7 Å². The Morgan fingerprint density at radius 2 is 1.13 bits per heavy atom. The number of nitrogens with two attached hydrogens (primary N) is 1. The molecule has 122 heavy (non-hydrogen) atoms. The summed E-state index contributed by atoms with van der Waals surface area (Å²) < 4.78 is 127. The summed E-state index contributed by atoms with van der Waals surface area (Å²) in [5.41, 5.74) is 6.55. The van der Waals surface area contributed by atoms with Crippen molar-refractivity contribution in [2.24, 2.45) is 23.5 Å². The van der Waals surface area contributed by atoms with Crippen molar-refractivity contribution in [1.29, 1.82) is 0 Å². The number of anilines is 3. The molecule has 4 heterocycles. The smallest absolute Gasteiger partial charge is 0.434 e. The summed E-state index contributed by atoms with van der Waals surface area (Å²) in [5.74, 6) is -0.965. The minimum Gasteiger partial charge on any atom is -0.453 e. The van der Waals surface area contributed by atoms with Crippen molar-refractivity contribution in [3.8, 4) is 11.3 Å². The zero-order valence-corrected chi connectivity index (χ0v) is 70.0. The molecule has 3 aromatic rings. The second-order valence-corrected chi connectivity index (χ2v) is 29.1. The molecule has 2 aliphatic heterocycles. The lowest BCUT2D eigenvalue weighted by atomic mass is 9.81. The average Bonchev–Trinajstić information content (AvgIpc) is 1.61. The highest BCUT2D eigenvalue weighted by molar-refractivity contribution is 5.97. The van der Waals surface area contributed by atoms with Gasteiger partial charge in [0, 0.05) is 68.9 Å². The molecule has 10 atom stereocenters. The number of aliphatic hydroxyl groups excluding tert-OH is 4. The van der Waals surface area contributed by atoms with Crippen molar-refractivity contribution < 1.29 is 143 Å². The van der Waals surface area contributed by atoms with Crippen LogP contribution in [0.1, 0.15) is 102 Å². The number of carbonyl (C=O) groups is 7. The van der Waals surface area contributed by atoms with E-state index < -0.39 is 72.6 Å². The number of H-pyrrole nitrogens is 1. The van der Waals surface area contributed by atoms with Crippen LogP contribution in [0.2, 0.25) is 0 Å². The number of hydrogen-bond donors (Lipinski definition) is 14. The third kappa shape index (κ3) is 42.9. The summed E-state index contributed by atoms with van der Waals surface area (Å²) in [4.78, 5) is 105. The first-order valence-electron chi connectivity index (χ1n) is 41.6. The van der Waals surface area contributed by atoms with E-state index >= 15 is 0 Å². The van der Waals surface area contributed by atoms with E-state index in [1.54, 1.807) is 24.4 Å². The summed E-state index contributed by atoms with van der Waals surface area (Å²) in [6.07, 6.45) is -2.50. The number of alkyl halides is 3. The second kappa shape index (κ2) is 60.9. The largest absolute Gasteiger partial charge is 0.453 e. The molecule has 0 bridgehead atoms. The molecule has 3 aliphatic rings. The van der Waals surface area contributed by atoms with Gasteiger partial charge in [0.05, 0.1) is 220 Å². The maximum atomic E-state index is 13.5. The molecule has 2 aromatic heterocycles. The Labute approximate surface area is 708 Å². The SMILES string of the molecule is CC[C@H](NC(=O)[C@H]1CC[C@H](CN)CC1)c1nc(-c2ccc(NC(=O)OC)cc2NC(=O)CCC(C)CCNC(=O)COCCOCCOCC(=O)NC(COCCC(=O)NCCOCCOCCOCCOC[C@H]2OC[C@H](Nc3cncc(C(F)(F)F)n3)[C@@H](O)[C@H]2O)COCCC(=O)NCCOCCOCCOCCOC[C@H]2OCC[C@@H](O)[C@H]2O)c[nH]1. The molecule has 0 radical (unpaired) electrons. The molecule has 6 rings (SSSR count). The average molecular weight is 1750 g/mol. The highest BCUT2D eigenvalue weighted by atomic mass is 19.4. The van der Waals surface area contributed by atoms with Crippen LogP contribution < -0.4 is 48.3 Å². The number of ether oxygens (including phenoxy) is 16. The Kier molecular flexibility index (Phi) is 51.5. The molecule has 1 aromatic carbocycles. The van der Waals surface area contributed by atoms with Crippen LogP contribution in [-0.4, -0.2) is 349 Å². The van der Waals surface area contributed by atoms with Gasteiger partial charge in [0.15, 0.2) is 5.69 Å². The van der Waals surface area contributed by atoms with Crippen molar-refractivity contribution in [2.45, 2.75) is 145 Å². The van der Waals surface area contributed by atoms with E-state index in [4.69, 9.17) is 86.5 Å².